The summed E-state index contributed by atoms with van der Waals surface area (Å²) in [6.07, 6.45) is 1.09. The van der Waals surface area contributed by atoms with E-state index in [1.807, 2.05) is 60.7 Å². The van der Waals surface area contributed by atoms with Crippen molar-refractivity contribution in [2.24, 2.45) is 5.92 Å². The molecule has 1 aromatic heterocycles. The number of hydrogen-bond acceptors (Lipinski definition) is 6. The Hall–Kier alpha value is -4.46. The Bertz CT molecular complexity index is 1400. The minimum Gasteiger partial charge on any atom is -0.473 e. The number of ether oxygens (including phenoxy) is 3. The number of halogens is 2. The van der Waals surface area contributed by atoms with Crippen LogP contribution < -0.4 is 14.8 Å². The molecular weight excluding hydrogens is 502 g/mol. The van der Waals surface area contributed by atoms with Gasteiger partial charge in [-0.2, -0.15) is 4.98 Å². The summed E-state index contributed by atoms with van der Waals surface area (Å²) in [7, 11) is 1.35. The summed E-state index contributed by atoms with van der Waals surface area (Å²) in [6.45, 7) is 0.446. The van der Waals surface area contributed by atoms with Gasteiger partial charge in [-0.25, -0.2) is 8.78 Å². The fourth-order valence-electron chi connectivity index (χ4n) is 4.51. The third kappa shape index (κ3) is 6.34. The Morgan fingerprint density at radius 3 is 2.05 bits per heavy atom. The highest BCUT2D eigenvalue weighted by molar-refractivity contribution is 5.74. The maximum absolute atomic E-state index is 15.4. The second-order valence-electron chi connectivity index (χ2n) is 9.40. The Morgan fingerprint density at radius 1 is 0.872 bits per heavy atom. The van der Waals surface area contributed by atoms with Crippen LogP contribution in [0.3, 0.4) is 0 Å². The van der Waals surface area contributed by atoms with E-state index >= 15 is 8.78 Å². The molecule has 200 valence electrons. The first-order chi connectivity index (χ1) is 19.0. The van der Waals surface area contributed by atoms with Crippen molar-refractivity contribution in [2.75, 3.05) is 12.4 Å². The molecule has 0 atom stereocenters. The molecule has 1 heterocycles. The molecule has 3 aromatic carbocycles. The van der Waals surface area contributed by atoms with Gasteiger partial charge in [0.15, 0.2) is 0 Å². The van der Waals surface area contributed by atoms with Crippen LogP contribution in [0.4, 0.5) is 14.5 Å². The van der Waals surface area contributed by atoms with E-state index in [-0.39, 0.29) is 54.0 Å². The summed E-state index contributed by atoms with van der Waals surface area (Å²) in [4.78, 5) is 16.1. The highest BCUT2D eigenvalue weighted by atomic mass is 19.1. The SMILES string of the molecule is COC(=O)[C@H]1C[C@H](Nc2cc(F)c(-c3ccc(OCc4ccccc4)nc3OCc3ccccc3)c(F)c2)C1. The Balaban J connectivity index is 1.38. The van der Waals surface area contributed by atoms with Gasteiger partial charge in [-0.3, -0.25) is 4.79 Å². The van der Waals surface area contributed by atoms with E-state index in [1.165, 1.54) is 19.2 Å². The van der Waals surface area contributed by atoms with Crippen molar-refractivity contribution in [3.8, 4) is 22.9 Å². The number of nitrogens with one attached hydrogen (secondary N) is 1. The van der Waals surface area contributed by atoms with Gasteiger partial charge in [0.05, 0.1) is 24.2 Å². The van der Waals surface area contributed by atoms with Crippen LogP contribution in [-0.4, -0.2) is 24.1 Å². The van der Waals surface area contributed by atoms with Gasteiger partial charge in [0.25, 0.3) is 0 Å². The number of carbonyl (C=O) groups excluding carboxylic acids is 1. The van der Waals surface area contributed by atoms with Gasteiger partial charge in [-0.1, -0.05) is 60.7 Å². The molecule has 0 saturated heterocycles. The van der Waals surface area contributed by atoms with Crippen molar-refractivity contribution in [1.29, 1.82) is 0 Å². The number of hydrogen-bond donors (Lipinski definition) is 1. The fourth-order valence-corrected chi connectivity index (χ4v) is 4.51. The van der Waals surface area contributed by atoms with Crippen molar-refractivity contribution in [2.45, 2.75) is 32.1 Å². The van der Waals surface area contributed by atoms with Gasteiger partial charge in [-0.05, 0) is 42.2 Å². The molecular formula is C31H28F2N2O4. The van der Waals surface area contributed by atoms with Crippen molar-refractivity contribution in [3.05, 3.63) is 108 Å². The molecule has 0 amide bonds. The number of nitrogens with zero attached hydrogens (tertiary/aromatic N) is 1. The minimum absolute atomic E-state index is 0.0582. The quantitative estimate of drug-likeness (QED) is 0.235. The molecule has 0 unspecified atom stereocenters. The van der Waals surface area contributed by atoms with Gasteiger partial charge in [-0.15, -0.1) is 0 Å². The van der Waals surface area contributed by atoms with E-state index in [0.29, 0.717) is 18.5 Å². The van der Waals surface area contributed by atoms with Gasteiger partial charge in [0, 0.05) is 17.8 Å². The second kappa shape index (κ2) is 11.9. The van der Waals surface area contributed by atoms with Gasteiger partial charge in [0.2, 0.25) is 11.8 Å². The lowest BCUT2D eigenvalue weighted by molar-refractivity contribution is -0.148. The van der Waals surface area contributed by atoms with Crippen LogP contribution in [-0.2, 0) is 22.7 Å². The summed E-state index contributed by atoms with van der Waals surface area (Å²) in [5, 5.41) is 3.10. The second-order valence-corrected chi connectivity index (χ2v) is 9.40. The molecule has 0 bridgehead atoms. The maximum Gasteiger partial charge on any atom is 0.308 e. The average molecular weight is 531 g/mol. The number of aromatic nitrogens is 1. The Labute approximate surface area is 225 Å². The average Bonchev–Trinajstić information content (AvgIpc) is 2.93. The summed E-state index contributed by atoms with van der Waals surface area (Å²) in [5.41, 5.74) is 2.07. The first-order valence-corrected chi connectivity index (χ1v) is 12.7. The maximum atomic E-state index is 15.4. The Kier molecular flexibility index (Phi) is 8.01. The monoisotopic (exact) mass is 530 g/mol. The molecule has 1 aliphatic rings. The lowest BCUT2D eigenvalue weighted by Gasteiger charge is -2.34. The number of esters is 1. The highest BCUT2D eigenvalue weighted by Crippen LogP contribution is 2.37. The number of methoxy groups -OCH3 is 1. The topological polar surface area (TPSA) is 69.7 Å². The van der Waals surface area contributed by atoms with Gasteiger partial charge in [0.1, 0.15) is 24.8 Å². The third-order valence-corrected chi connectivity index (χ3v) is 6.64. The highest BCUT2D eigenvalue weighted by Gasteiger charge is 2.35. The molecule has 8 heteroatoms. The zero-order chi connectivity index (χ0) is 27.2. The van der Waals surface area contributed by atoms with Crippen LogP contribution in [0.5, 0.6) is 11.8 Å². The van der Waals surface area contributed by atoms with Crippen LogP contribution in [0.1, 0.15) is 24.0 Å². The molecule has 1 fully saturated rings. The van der Waals surface area contributed by atoms with E-state index in [4.69, 9.17) is 14.2 Å². The van der Waals surface area contributed by atoms with Crippen molar-refractivity contribution in [1.82, 2.24) is 4.98 Å². The molecule has 0 radical (unpaired) electrons. The standard InChI is InChI=1S/C31H28F2N2O4/c1-37-31(36)22-14-23(15-22)34-24-16-26(32)29(27(33)17-24)25-12-13-28(38-18-20-8-4-2-5-9-20)35-30(25)39-19-21-10-6-3-7-11-21/h2-13,16-17,22-23,34H,14-15,18-19H2,1H3/t22-,23-. The number of rotatable bonds is 10. The summed E-state index contributed by atoms with van der Waals surface area (Å²) >= 11 is 0. The third-order valence-electron chi connectivity index (χ3n) is 6.64. The number of benzene rings is 3. The van der Waals surface area contributed by atoms with Gasteiger partial charge < -0.3 is 19.5 Å². The lowest BCUT2D eigenvalue weighted by atomic mass is 9.80. The van der Waals surface area contributed by atoms with E-state index in [1.54, 1.807) is 12.1 Å². The van der Waals surface area contributed by atoms with Crippen molar-refractivity contribution >= 4 is 11.7 Å². The number of carbonyl (C=O) groups is 1. The normalized spacial score (nSPS) is 16.2. The smallest absolute Gasteiger partial charge is 0.308 e. The predicted molar refractivity (Wildman–Crippen MR) is 143 cm³/mol. The number of pyridine rings is 1. The Morgan fingerprint density at radius 2 is 1.46 bits per heavy atom. The zero-order valence-corrected chi connectivity index (χ0v) is 21.4. The first-order valence-electron chi connectivity index (χ1n) is 12.7. The van der Waals surface area contributed by atoms with E-state index in [2.05, 4.69) is 10.3 Å². The van der Waals surface area contributed by atoms with Crippen LogP contribution in [0.2, 0.25) is 0 Å². The van der Waals surface area contributed by atoms with Crippen molar-refractivity contribution in [3.63, 3.8) is 0 Å². The zero-order valence-electron chi connectivity index (χ0n) is 21.4. The van der Waals surface area contributed by atoms with E-state index < -0.39 is 11.6 Å². The molecule has 6 nitrogen and oxygen atoms in total. The van der Waals surface area contributed by atoms with Crippen LogP contribution in [0.15, 0.2) is 84.9 Å². The molecule has 39 heavy (non-hydrogen) atoms. The van der Waals surface area contributed by atoms with E-state index in [9.17, 15) is 4.79 Å². The summed E-state index contributed by atoms with van der Waals surface area (Å²) in [5.74, 6) is -1.65. The van der Waals surface area contributed by atoms with Crippen LogP contribution >= 0.6 is 0 Å². The molecule has 0 spiro atoms. The first kappa shape index (κ1) is 26.2. The lowest BCUT2D eigenvalue weighted by Crippen LogP contribution is -2.40. The summed E-state index contributed by atoms with van der Waals surface area (Å²) < 4.78 is 47.3. The minimum atomic E-state index is -0.759. The molecule has 1 N–H and O–H groups in total. The molecule has 5 rings (SSSR count). The molecule has 1 aliphatic carbocycles. The van der Waals surface area contributed by atoms with Crippen LogP contribution in [0, 0.1) is 17.6 Å². The molecule has 0 aliphatic heterocycles. The van der Waals surface area contributed by atoms with E-state index in [0.717, 1.165) is 11.1 Å². The molecule has 1 saturated carbocycles. The predicted octanol–water partition coefficient (Wildman–Crippen LogP) is 6.55. The summed E-state index contributed by atoms with van der Waals surface area (Å²) in [6, 6.07) is 24.6. The van der Waals surface area contributed by atoms with Crippen LogP contribution in [0.25, 0.3) is 11.1 Å². The van der Waals surface area contributed by atoms with Crippen molar-refractivity contribution < 1.29 is 27.8 Å². The van der Waals surface area contributed by atoms with Gasteiger partial charge >= 0.3 is 5.97 Å². The largest absolute Gasteiger partial charge is 0.473 e. The molecule has 4 aromatic rings. The number of anilines is 1. The fraction of sp³-hybridized carbons (Fsp3) is 0.226.